The van der Waals surface area contributed by atoms with Gasteiger partial charge in [0.25, 0.3) is 0 Å². The van der Waals surface area contributed by atoms with Crippen LogP contribution < -0.4 is 0 Å². The second kappa shape index (κ2) is 16.5. The highest BCUT2D eigenvalue weighted by molar-refractivity contribution is 5.72. The summed E-state index contributed by atoms with van der Waals surface area (Å²) in [6, 6.07) is 0. The van der Waals surface area contributed by atoms with E-state index < -0.39 is 17.9 Å². The number of rotatable bonds is 17. The first-order valence-electron chi connectivity index (χ1n) is 9.69. The molecule has 0 aliphatic carbocycles. The Morgan fingerprint density at radius 2 is 1.38 bits per heavy atom. The Bertz CT molecular complexity index is 350. The largest absolute Gasteiger partial charge is 0.481 e. The maximum atomic E-state index is 11.1. The van der Waals surface area contributed by atoms with E-state index in [2.05, 4.69) is 6.92 Å². The smallest absolute Gasteiger partial charge is 0.310 e. The van der Waals surface area contributed by atoms with Crippen LogP contribution in [0, 0.1) is 5.92 Å². The Balaban J connectivity index is 3.56. The van der Waals surface area contributed by atoms with Gasteiger partial charge in [-0.3, -0.25) is 9.59 Å². The van der Waals surface area contributed by atoms with E-state index in [9.17, 15) is 9.59 Å². The fraction of sp³-hybridized carbons (Fsp3) is 0.800. The highest BCUT2D eigenvalue weighted by Gasteiger charge is 2.13. The van der Waals surface area contributed by atoms with E-state index in [-0.39, 0.29) is 6.42 Å². The van der Waals surface area contributed by atoms with E-state index >= 15 is 0 Å². The number of carboxylic acid groups (broad SMARTS) is 2. The maximum Gasteiger partial charge on any atom is 0.310 e. The summed E-state index contributed by atoms with van der Waals surface area (Å²) in [7, 11) is 0. The lowest BCUT2D eigenvalue weighted by Gasteiger charge is -2.06. The topological polar surface area (TPSA) is 74.6 Å². The first-order valence-corrected chi connectivity index (χ1v) is 9.69. The van der Waals surface area contributed by atoms with Gasteiger partial charge in [0.2, 0.25) is 0 Å². The Hall–Kier alpha value is -1.32. The monoisotopic (exact) mass is 340 g/mol. The van der Waals surface area contributed by atoms with Gasteiger partial charge in [-0.05, 0) is 25.7 Å². The maximum absolute atomic E-state index is 11.1. The minimum absolute atomic E-state index is 0.0378. The first-order chi connectivity index (χ1) is 11.6. The third-order valence-corrected chi connectivity index (χ3v) is 4.32. The van der Waals surface area contributed by atoms with Crippen molar-refractivity contribution in [3.63, 3.8) is 0 Å². The van der Waals surface area contributed by atoms with Crippen molar-refractivity contribution >= 4 is 11.9 Å². The van der Waals surface area contributed by atoms with Crippen LogP contribution in [-0.4, -0.2) is 22.2 Å². The zero-order valence-corrected chi connectivity index (χ0v) is 15.3. The van der Waals surface area contributed by atoms with Crippen molar-refractivity contribution in [3.8, 4) is 0 Å². The molecule has 0 spiro atoms. The van der Waals surface area contributed by atoms with Crippen molar-refractivity contribution in [2.75, 3.05) is 0 Å². The molecule has 0 saturated heterocycles. The fourth-order valence-electron chi connectivity index (χ4n) is 2.79. The molecule has 0 aromatic carbocycles. The Morgan fingerprint density at radius 1 is 0.833 bits per heavy atom. The number of carboxylic acids is 2. The van der Waals surface area contributed by atoms with Crippen LogP contribution >= 0.6 is 0 Å². The molecule has 0 fully saturated rings. The molecule has 0 heterocycles. The highest BCUT2D eigenvalue weighted by atomic mass is 16.4. The van der Waals surface area contributed by atoms with Crippen molar-refractivity contribution in [2.24, 2.45) is 5.92 Å². The van der Waals surface area contributed by atoms with E-state index in [0.717, 1.165) is 12.8 Å². The van der Waals surface area contributed by atoms with Gasteiger partial charge >= 0.3 is 11.9 Å². The van der Waals surface area contributed by atoms with Crippen LogP contribution in [0.2, 0.25) is 0 Å². The summed E-state index contributed by atoms with van der Waals surface area (Å²) in [4.78, 5) is 21.6. The standard InChI is InChI=1S/C20H36O4/c1-2-3-4-5-6-7-8-9-10-11-12-13-15-18(20(23)24)16-14-17-19(21)22/h13,15,18H,2-12,14,16-17H2,1H3,(H,21,22)(H,23,24)/b15-13+. The molecular formula is C20H36O4. The molecule has 0 aromatic rings. The Morgan fingerprint density at radius 3 is 1.88 bits per heavy atom. The fourth-order valence-corrected chi connectivity index (χ4v) is 2.79. The molecule has 0 bridgehead atoms. The van der Waals surface area contributed by atoms with Gasteiger partial charge in [-0.1, -0.05) is 76.9 Å². The number of hydrogen-bond acceptors (Lipinski definition) is 2. The average molecular weight is 341 g/mol. The Kier molecular flexibility index (Phi) is 15.6. The molecule has 0 aromatic heterocycles. The highest BCUT2D eigenvalue weighted by Crippen LogP contribution is 2.14. The van der Waals surface area contributed by atoms with Gasteiger partial charge < -0.3 is 10.2 Å². The van der Waals surface area contributed by atoms with Crippen molar-refractivity contribution in [2.45, 2.75) is 96.8 Å². The van der Waals surface area contributed by atoms with Crippen LogP contribution in [0.1, 0.15) is 96.8 Å². The van der Waals surface area contributed by atoms with E-state index in [1.165, 1.54) is 57.8 Å². The van der Waals surface area contributed by atoms with E-state index in [4.69, 9.17) is 10.2 Å². The summed E-state index contributed by atoms with van der Waals surface area (Å²) in [5.74, 6) is -2.28. The molecule has 1 atom stereocenters. The minimum atomic E-state index is -0.867. The second-order valence-electron chi connectivity index (χ2n) is 6.63. The van der Waals surface area contributed by atoms with Crippen LogP contribution in [0.4, 0.5) is 0 Å². The van der Waals surface area contributed by atoms with E-state index in [1.54, 1.807) is 6.08 Å². The predicted octanol–water partition coefficient (Wildman–Crippen LogP) is 5.81. The molecule has 0 rings (SSSR count). The number of hydrogen-bond donors (Lipinski definition) is 2. The molecule has 0 aliphatic heterocycles. The molecule has 1 unspecified atom stereocenters. The SMILES string of the molecule is CCCCCCCCCCCC/C=C/C(CCCC(=O)O)C(=O)O. The lowest BCUT2D eigenvalue weighted by molar-refractivity contribution is -0.141. The van der Waals surface area contributed by atoms with E-state index in [1.807, 2.05) is 6.08 Å². The molecule has 0 saturated carbocycles. The van der Waals surface area contributed by atoms with E-state index in [0.29, 0.717) is 12.8 Å². The van der Waals surface area contributed by atoms with Crippen molar-refractivity contribution in [1.82, 2.24) is 0 Å². The quantitative estimate of drug-likeness (QED) is 0.259. The van der Waals surface area contributed by atoms with Crippen LogP contribution in [0.15, 0.2) is 12.2 Å². The normalized spacial score (nSPS) is 12.5. The minimum Gasteiger partial charge on any atom is -0.481 e. The molecule has 4 heteroatoms. The van der Waals surface area contributed by atoms with Crippen LogP contribution in [0.5, 0.6) is 0 Å². The van der Waals surface area contributed by atoms with Gasteiger partial charge in [0, 0.05) is 6.42 Å². The molecule has 140 valence electrons. The van der Waals surface area contributed by atoms with Gasteiger partial charge in [-0.25, -0.2) is 0 Å². The van der Waals surface area contributed by atoms with Crippen molar-refractivity contribution in [1.29, 1.82) is 0 Å². The van der Waals surface area contributed by atoms with Crippen LogP contribution in [0.25, 0.3) is 0 Å². The molecule has 2 N–H and O–H groups in total. The van der Waals surface area contributed by atoms with Crippen molar-refractivity contribution in [3.05, 3.63) is 12.2 Å². The third kappa shape index (κ3) is 15.6. The number of allylic oxidation sites excluding steroid dienone is 1. The molecule has 0 amide bonds. The number of unbranched alkanes of at least 4 members (excludes halogenated alkanes) is 10. The molecule has 24 heavy (non-hydrogen) atoms. The summed E-state index contributed by atoms with van der Waals surface area (Å²) in [6.45, 7) is 2.24. The summed E-state index contributed by atoms with van der Waals surface area (Å²) in [6.07, 6.45) is 18.4. The van der Waals surface area contributed by atoms with Gasteiger partial charge in [0.15, 0.2) is 0 Å². The third-order valence-electron chi connectivity index (χ3n) is 4.32. The Labute approximate surface area is 147 Å². The van der Waals surface area contributed by atoms with Crippen molar-refractivity contribution < 1.29 is 19.8 Å². The number of carbonyl (C=O) groups is 2. The molecular weight excluding hydrogens is 304 g/mol. The first kappa shape index (κ1) is 22.7. The van der Waals surface area contributed by atoms with Gasteiger partial charge in [0.05, 0.1) is 5.92 Å². The zero-order valence-electron chi connectivity index (χ0n) is 15.3. The predicted molar refractivity (Wildman–Crippen MR) is 98.2 cm³/mol. The number of aliphatic carboxylic acids is 2. The van der Waals surface area contributed by atoms with Gasteiger partial charge in [-0.15, -0.1) is 0 Å². The van der Waals surface area contributed by atoms with Crippen LogP contribution in [0.3, 0.4) is 0 Å². The lowest BCUT2D eigenvalue weighted by Crippen LogP contribution is -2.11. The molecule has 0 radical (unpaired) electrons. The van der Waals surface area contributed by atoms with Gasteiger partial charge in [0.1, 0.15) is 0 Å². The van der Waals surface area contributed by atoms with Crippen LogP contribution in [-0.2, 0) is 9.59 Å². The summed E-state index contributed by atoms with van der Waals surface area (Å²) in [5.41, 5.74) is 0. The zero-order chi connectivity index (χ0) is 18.0. The van der Waals surface area contributed by atoms with Gasteiger partial charge in [-0.2, -0.15) is 0 Å². The summed E-state index contributed by atoms with van der Waals surface area (Å²) in [5, 5.41) is 17.7. The second-order valence-corrected chi connectivity index (χ2v) is 6.63. The molecule has 4 nitrogen and oxygen atoms in total. The summed E-state index contributed by atoms with van der Waals surface area (Å²) >= 11 is 0. The average Bonchev–Trinajstić information content (AvgIpc) is 2.53. The lowest BCUT2D eigenvalue weighted by atomic mass is 10.0. The molecule has 0 aliphatic rings. The summed E-state index contributed by atoms with van der Waals surface area (Å²) < 4.78 is 0.